The number of rotatable bonds is 7. The zero-order valence-corrected chi connectivity index (χ0v) is 11.6. The molecule has 0 bridgehead atoms. The molecule has 1 amide bonds. The van der Waals surface area contributed by atoms with Crippen LogP contribution in [0, 0.1) is 0 Å². The minimum Gasteiger partial charge on any atom is -0.345 e. The van der Waals surface area contributed by atoms with E-state index in [0.717, 1.165) is 19.3 Å². The molecule has 102 valence electrons. The molecule has 0 aliphatic carbocycles. The highest BCUT2D eigenvalue weighted by Gasteiger charge is 2.26. The highest BCUT2D eigenvalue weighted by Crippen LogP contribution is 2.19. The topological polar surface area (TPSA) is 72.9 Å². The third-order valence-corrected chi connectivity index (χ3v) is 3.66. The highest BCUT2D eigenvalue weighted by molar-refractivity contribution is 5.92. The standard InChI is InChI=1S/C13H24N4O/c1-4-13(5-2,6-3)16-12(18)11-9-17(8-7-14)10-15-11/h9-10H,4-8,14H2,1-3H3,(H,16,18). The number of carbonyl (C=O) groups is 1. The SMILES string of the molecule is CCC(CC)(CC)NC(=O)c1cn(CCN)cn1. The number of aromatic nitrogens is 2. The van der Waals surface area contributed by atoms with E-state index in [1.54, 1.807) is 12.5 Å². The first-order valence-corrected chi connectivity index (χ1v) is 6.65. The number of nitrogens with zero attached hydrogens (tertiary/aromatic N) is 2. The molecule has 0 radical (unpaired) electrons. The first-order chi connectivity index (χ1) is 8.60. The van der Waals surface area contributed by atoms with Crippen molar-refractivity contribution in [3.8, 4) is 0 Å². The molecule has 0 aromatic carbocycles. The molecular formula is C13H24N4O. The maximum atomic E-state index is 12.1. The fraction of sp³-hybridized carbons (Fsp3) is 0.692. The van der Waals surface area contributed by atoms with Crippen molar-refractivity contribution in [1.29, 1.82) is 0 Å². The molecule has 0 spiro atoms. The summed E-state index contributed by atoms with van der Waals surface area (Å²) in [4.78, 5) is 16.3. The lowest BCUT2D eigenvalue weighted by Crippen LogP contribution is -2.47. The van der Waals surface area contributed by atoms with Crippen LogP contribution in [0.2, 0.25) is 0 Å². The van der Waals surface area contributed by atoms with Gasteiger partial charge in [-0.1, -0.05) is 20.8 Å². The van der Waals surface area contributed by atoms with Gasteiger partial charge in [0.05, 0.1) is 6.33 Å². The van der Waals surface area contributed by atoms with E-state index in [9.17, 15) is 4.79 Å². The normalized spacial score (nSPS) is 11.6. The lowest BCUT2D eigenvalue weighted by Gasteiger charge is -2.31. The lowest BCUT2D eigenvalue weighted by molar-refractivity contribution is 0.0883. The summed E-state index contributed by atoms with van der Waals surface area (Å²) in [5.41, 5.74) is 5.81. The van der Waals surface area contributed by atoms with Crippen molar-refractivity contribution in [3.05, 3.63) is 18.2 Å². The van der Waals surface area contributed by atoms with Gasteiger partial charge in [-0.3, -0.25) is 4.79 Å². The summed E-state index contributed by atoms with van der Waals surface area (Å²) < 4.78 is 1.83. The van der Waals surface area contributed by atoms with Crippen molar-refractivity contribution in [2.24, 2.45) is 5.73 Å². The van der Waals surface area contributed by atoms with Crippen LogP contribution in [-0.4, -0.2) is 27.5 Å². The van der Waals surface area contributed by atoms with Gasteiger partial charge in [-0.15, -0.1) is 0 Å². The van der Waals surface area contributed by atoms with Crippen LogP contribution in [0.1, 0.15) is 50.5 Å². The van der Waals surface area contributed by atoms with E-state index in [-0.39, 0.29) is 11.4 Å². The Morgan fingerprint density at radius 1 is 1.39 bits per heavy atom. The molecule has 5 heteroatoms. The molecular weight excluding hydrogens is 228 g/mol. The van der Waals surface area contributed by atoms with Crippen LogP contribution >= 0.6 is 0 Å². The molecule has 5 nitrogen and oxygen atoms in total. The van der Waals surface area contributed by atoms with Crippen LogP contribution < -0.4 is 11.1 Å². The van der Waals surface area contributed by atoms with Crippen molar-refractivity contribution >= 4 is 5.91 Å². The number of nitrogens with two attached hydrogens (primary N) is 1. The van der Waals surface area contributed by atoms with E-state index in [1.165, 1.54) is 0 Å². The molecule has 0 atom stereocenters. The molecule has 1 heterocycles. The van der Waals surface area contributed by atoms with Crippen LogP contribution in [0.3, 0.4) is 0 Å². The molecule has 1 aromatic heterocycles. The van der Waals surface area contributed by atoms with Gasteiger partial charge in [-0.2, -0.15) is 0 Å². The monoisotopic (exact) mass is 252 g/mol. The smallest absolute Gasteiger partial charge is 0.271 e. The molecule has 0 fully saturated rings. The van der Waals surface area contributed by atoms with Crippen molar-refractivity contribution in [2.75, 3.05) is 6.54 Å². The average Bonchev–Trinajstić information content (AvgIpc) is 2.85. The Bertz CT molecular complexity index is 374. The van der Waals surface area contributed by atoms with Crippen molar-refractivity contribution in [2.45, 2.75) is 52.1 Å². The summed E-state index contributed by atoms with van der Waals surface area (Å²) in [6, 6.07) is 0. The summed E-state index contributed by atoms with van der Waals surface area (Å²) in [5, 5.41) is 3.11. The first-order valence-electron chi connectivity index (χ1n) is 6.65. The Kier molecular flexibility index (Phi) is 5.34. The van der Waals surface area contributed by atoms with Gasteiger partial charge in [0.25, 0.3) is 5.91 Å². The summed E-state index contributed by atoms with van der Waals surface area (Å²) in [5.74, 6) is -0.101. The van der Waals surface area contributed by atoms with Crippen molar-refractivity contribution < 1.29 is 4.79 Å². The zero-order chi connectivity index (χ0) is 13.6. The van der Waals surface area contributed by atoms with Crippen molar-refractivity contribution in [3.63, 3.8) is 0 Å². The highest BCUT2D eigenvalue weighted by atomic mass is 16.2. The second-order valence-corrected chi connectivity index (χ2v) is 4.58. The molecule has 1 aromatic rings. The number of hydrogen-bond donors (Lipinski definition) is 2. The van der Waals surface area contributed by atoms with E-state index >= 15 is 0 Å². The quantitative estimate of drug-likeness (QED) is 0.773. The third-order valence-electron chi connectivity index (χ3n) is 3.66. The van der Waals surface area contributed by atoms with Gasteiger partial charge in [0.1, 0.15) is 5.69 Å². The van der Waals surface area contributed by atoms with E-state index in [0.29, 0.717) is 18.8 Å². The lowest BCUT2D eigenvalue weighted by atomic mass is 9.89. The Morgan fingerprint density at radius 3 is 2.50 bits per heavy atom. The van der Waals surface area contributed by atoms with E-state index in [2.05, 4.69) is 31.1 Å². The Labute approximate surface area is 109 Å². The number of imidazole rings is 1. The van der Waals surface area contributed by atoms with Crippen LogP contribution in [0.5, 0.6) is 0 Å². The third kappa shape index (κ3) is 3.32. The number of amides is 1. The maximum absolute atomic E-state index is 12.1. The summed E-state index contributed by atoms with van der Waals surface area (Å²) in [6.07, 6.45) is 6.17. The van der Waals surface area contributed by atoms with E-state index in [1.807, 2.05) is 4.57 Å². The minimum absolute atomic E-state index is 0.101. The van der Waals surface area contributed by atoms with Crippen LogP contribution in [0.15, 0.2) is 12.5 Å². The van der Waals surface area contributed by atoms with Gasteiger partial charge >= 0.3 is 0 Å². The second kappa shape index (κ2) is 6.54. The number of carbonyl (C=O) groups excluding carboxylic acids is 1. The Morgan fingerprint density at radius 2 is 2.00 bits per heavy atom. The Hall–Kier alpha value is -1.36. The molecule has 0 aliphatic heterocycles. The summed E-state index contributed by atoms with van der Waals surface area (Å²) >= 11 is 0. The summed E-state index contributed by atoms with van der Waals surface area (Å²) in [6.45, 7) is 7.52. The molecule has 1 rings (SSSR count). The molecule has 3 N–H and O–H groups in total. The molecule has 18 heavy (non-hydrogen) atoms. The van der Waals surface area contributed by atoms with Gasteiger partial charge in [0.2, 0.25) is 0 Å². The van der Waals surface area contributed by atoms with Crippen LogP contribution in [0.25, 0.3) is 0 Å². The van der Waals surface area contributed by atoms with E-state index in [4.69, 9.17) is 5.73 Å². The van der Waals surface area contributed by atoms with E-state index < -0.39 is 0 Å². The van der Waals surface area contributed by atoms with Gasteiger partial charge in [0.15, 0.2) is 0 Å². The molecule has 0 saturated heterocycles. The zero-order valence-electron chi connectivity index (χ0n) is 11.6. The fourth-order valence-electron chi connectivity index (χ4n) is 2.07. The largest absolute Gasteiger partial charge is 0.345 e. The van der Waals surface area contributed by atoms with Crippen LogP contribution in [0.4, 0.5) is 0 Å². The second-order valence-electron chi connectivity index (χ2n) is 4.58. The molecule has 0 saturated carbocycles. The fourth-order valence-corrected chi connectivity index (χ4v) is 2.07. The molecule has 0 aliphatic rings. The summed E-state index contributed by atoms with van der Waals surface area (Å²) in [7, 11) is 0. The minimum atomic E-state index is -0.116. The van der Waals surface area contributed by atoms with Gasteiger partial charge in [-0.25, -0.2) is 4.98 Å². The first kappa shape index (κ1) is 14.7. The molecule has 0 unspecified atom stereocenters. The van der Waals surface area contributed by atoms with Crippen molar-refractivity contribution in [1.82, 2.24) is 14.9 Å². The van der Waals surface area contributed by atoms with Gasteiger partial charge < -0.3 is 15.6 Å². The average molecular weight is 252 g/mol. The number of nitrogens with one attached hydrogen (secondary N) is 1. The predicted molar refractivity (Wildman–Crippen MR) is 72.4 cm³/mol. The maximum Gasteiger partial charge on any atom is 0.271 e. The van der Waals surface area contributed by atoms with Gasteiger partial charge in [-0.05, 0) is 19.3 Å². The number of hydrogen-bond acceptors (Lipinski definition) is 3. The predicted octanol–water partition coefficient (Wildman–Crippen LogP) is 1.54. The van der Waals surface area contributed by atoms with Gasteiger partial charge in [0, 0.05) is 24.8 Å². The Balaban J connectivity index is 2.74. The van der Waals surface area contributed by atoms with Crippen LogP contribution in [-0.2, 0) is 6.54 Å².